The second-order valence-corrected chi connectivity index (χ2v) is 7.45. The quantitative estimate of drug-likeness (QED) is 0.663. The number of benzene rings is 2. The van der Waals surface area contributed by atoms with Gasteiger partial charge in [0.05, 0.1) is 0 Å². The van der Waals surface area contributed by atoms with Crippen molar-refractivity contribution in [2.45, 2.75) is 46.7 Å². The van der Waals surface area contributed by atoms with E-state index in [1.807, 2.05) is 64.1 Å². The van der Waals surface area contributed by atoms with Gasteiger partial charge >= 0.3 is 0 Å². The second kappa shape index (κ2) is 10.9. The molecule has 0 spiro atoms. The molecule has 0 aliphatic rings. The van der Waals surface area contributed by atoms with Gasteiger partial charge in [-0.25, -0.2) is 0 Å². The monoisotopic (exact) mass is 416 g/mol. The average molecular weight is 417 g/mol. The van der Waals surface area contributed by atoms with E-state index in [1.54, 1.807) is 11.0 Å². The smallest absolute Gasteiger partial charge is 0.261 e. The topological polar surface area (TPSA) is 58.6 Å². The molecule has 0 aliphatic heterocycles. The number of hydrogen-bond acceptors (Lipinski definition) is 3. The van der Waals surface area contributed by atoms with Crippen LogP contribution in [-0.4, -0.2) is 35.9 Å². The number of rotatable bonds is 9. The average Bonchev–Trinajstić information content (AvgIpc) is 2.67. The van der Waals surface area contributed by atoms with Gasteiger partial charge in [-0.1, -0.05) is 42.8 Å². The van der Waals surface area contributed by atoms with Crippen molar-refractivity contribution in [2.24, 2.45) is 0 Å². The van der Waals surface area contributed by atoms with Gasteiger partial charge in [0, 0.05) is 18.1 Å². The highest BCUT2D eigenvalue weighted by atomic mass is 35.5. The molecular weight excluding hydrogens is 388 g/mol. The van der Waals surface area contributed by atoms with Crippen LogP contribution in [0.5, 0.6) is 5.75 Å². The van der Waals surface area contributed by atoms with Gasteiger partial charge < -0.3 is 15.0 Å². The van der Waals surface area contributed by atoms with Crippen molar-refractivity contribution in [1.29, 1.82) is 0 Å². The van der Waals surface area contributed by atoms with Crippen LogP contribution in [0.25, 0.3) is 0 Å². The van der Waals surface area contributed by atoms with E-state index in [9.17, 15) is 9.59 Å². The zero-order valence-corrected chi connectivity index (χ0v) is 18.3. The molecule has 2 aromatic carbocycles. The molecule has 0 aliphatic carbocycles. The number of hydrogen-bond donors (Lipinski definition) is 1. The number of nitrogens with one attached hydrogen (secondary N) is 1. The first-order valence-corrected chi connectivity index (χ1v) is 10.2. The third-order valence-corrected chi connectivity index (χ3v) is 4.96. The van der Waals surface area contributed by atoms with Crippen molar-refractivity contribution >= 4 is 23.4 Å². The number of likely N-dealkylation sites (N-methyl/N-ethyl adjacent to an activating group) is 1. The Labute approximate surface area is 178 Å². The SMILES string of the molecule is CCNC(=O)[C@@H](CC)N(Cc1ccccc1Cl)C(=O)COc1cc(C)cc(C)c1. The van der Waals surface area contributed by atoms with E-state index in [2.05, 4.69) is 5.32 Å². The standard InChI is InChI=1S/C23H29ClN2O3/c1-5-21(23(28)25-6-2)26(14-18-9-7-8-10-20(18)24)22(27)15-29-19-12-16(3)11-17(4)13-19/h7-13,21H,5-6,14-15H2,1-4H3,(H,25,28)/t21-/m1/s1. The van der Waals surface area contributed by atoms with Gasteiger partial charge in [0.2, 0.25) is 5.91 Å². The minimum atomic E-state index is -0.596. The Balaban J connectivity index is 2.23. The van der Waals surface area contributed by atoms with E-state index in [0.29, 0.717) is 23.7 Å². The van der Waals surface area contributed by atoms with Gasteiger partial charge in [0.1, 0.15) is 11.8 Å². The van der Waals surface area contributed by atoms with Crippen molar-refractivity contribution in [3.8, 4) is 5.75 Å². The lowest BCUT2D eigenvalue weighted by molar-refractivity contribution is -0.142. The van der Waals surface area contributed by atoms with Crippen LogP contribution in [0.1, 0.15) is 37.0 Å². The normalized spacial score (nSPS) is 11.6. The molecule has 0 saturated carbocycles. The maximum absolute atomic E-state index is 13.1. The molecule has 0 unspecified atom stereocenters. The highest BCUT2D eigenvalue weighted by Crippen LogP contribution is 2.21. The molecule has 0 bridgehead atoms. The first kappa shape index (κ1) is 22.8. The molecule has 156 valence electrons. The lowest BCUT2D eigenvalue weighted by Crippen LogP contribution is -2.50. The Bertz CT molecular complexity index is 834. The first-order chi connectivity index (χ1) is 13.8. The summed E-state index contributed by atoms with van der Waals surface area (Å²) in [6.45, 7) is 8.29. The number of halogens is 1. The fourth-order valence-corrected chi connectivity index (χ4v) is 3.46. The third-order valence-electron chi connectivity index (χ3n) is 4.59. The summed E-state index contributed by atoms with van der Waals surface area (Å²) in [7, 11) is 0. The van der Waals surface area contributed by atoms with Crippen LogP contribution in [-0.2, 0) is 16.1 Å². The summed E-state index contributed by atoms with van der Waals surface area (Å²) in [5, 5.41) is 3.38. The predicted octanol–water partition coefficient (Wildman–Crippen LogP) is 4.28. The second-order valence-electron chi connectivity index (χ2n) is 7.04. The molecule has 2 amide bonds. The van der Waals surface area contributed by atoms with Crippen LogP contribution in [0.4, 0.5) is 0 Å². The van der Waals surface area contributed by atoms with Crippen molar-refractivity contribution in [2.75, 3.05) is 13.2 Å². The molecule has 0 heterocycles. The summed E-state index contributed by atoms with van der Waals surface area (Å²) in [6, 6.07) is 12.6. The molecule has 0 radical (unpaired) electrons. The van der Waals surface area contributed by atoms with E-state index < -0.39 is 6.04 Å². The van der Waals surface area contributed by atoms with Crippen molar-refractivity contribution < 1.29 is 14.3 Å². The molecule has 1 N–H and O–H groups in total. The summed E-state index contributed by atoms with van der Waals surface area (Å²) in [5.41, 5.74) is 2.92. The first-order valence-electron chi connectivity index (χ1n) is 9.87. The largest absolute Gasteiger partial charge is 0.484 e. The zero-order valence-electron chi connectivity index (χ0n) is 17.5. The van der Waals surface area contributed by atoms with Gasteiger partial charge in [0.25, 0.3) is 5.91 Å². The fourth-order valence-electron chi connectivity index (χ4n) is 3.27. The van der Waals surface area contributed by atoms with Gasteiger partial charge in [0.15, 0.2) is 6.61 Å². The van der Waals surface area contributed by atoms with E-state index >= 15 is 0 Å². The highest BCUT2D eigenvalue weighted by Gasteiger charge is 2.29. The summed E-state index contributed by atoms with van der Waals surface area (Å²) in [5.74, 6) is 0.198. The lowest BCUT2D eigenvalue weighted by atomic mass is 10.1. The van der Waals surface area contributed by atoms with Gasteiger partial charge in [-0.05, 0) is 62.1 Å². The maximum atomic E-state index is 13.1. The molecular formula is C23H29ClN2O3. The van der Waals surface area contributed by atoms with Crippen molar-refractivity contribution in [3.05, 3.63) is 64.2 Å². The summed E-state index contributed by atoms with van der Waals surface area (Å²) < 4.78 is 5.76. The molecule has 0 saturated heterocycles. The molecule has 29 heavy (non-hydrogen) atoms. The van der Waals surface area contributed by atoms with Gasteiger partial charge in [-0.2, -0.15) is 0 Å². The lowest BCUT2D eigenvalue weighted by Gasteiger charge is -2.30. The number of amides is 2. The Morgan fingerprint density at radius 3 is 2.34 bits per heavy atom. The predicted molar refractivity (Wildman–Crippen MR) is 116 cm³/mol. The van der Waals surface area contributed by atoms with Crippen LogP contribution in [0.15, 0.2) is 42.5 Å². The van der Waals surface area contributed by atoms with Gasteiger partial charge in [-0.15, -0.1) is 0 Å². The molecule has 6 heteroatoms. The molecule has 5 nitrogen and oxygen atoms in total. The Hall–Kier alpha value is -2.53. The van der Waals surface area contributed by atoms with Crippen LogP contribution >= 0.6 is 11.6 Å². The van der Waals surface area contributed by atoms with Crippen LogP contribution < -0.4 is 10.1 Å². The molecule has 1 atom stereocenters. The zero-order chi connectivity index (χ0) is 21.4. The van der Waals surface area contributed by atoms with E-state index in [1.165, 1.54) is 0 Å². The fraction of sp³-hybridized carbons (Fsp3) is 0.391. The maximum Gasteiger partial charge on any atom is 0.261 e. The number of carbonyl (C=O) groups excluding carboxylic acids is 2. The molecule has 0 aromatic heterocycles. The minimum absolute atomic E-state index is 0.150. The van der Waals surface area contributed by atoms with Crippen molar-refractivity contribution in [1.82, 2.24) is 10.2 Å². The minimum Gasteiger partial charge on any atom is -0.484 e. The van der Waals surface area contributed by atoms with E-state index in [4.69, 9.17) is 16.3 Å². The Morgan fingerprint density at radius 2 is 1.76 bits per heavy atom. The Morgan fingerprint density at radius 1 is 1.10 bits per heavy atom. The highest BCUT2D eigenvalue weighted by molar-refractivity contribution is 6.31. The van der Waals surface area contributed by atoms with E-state index in [-0.39, 0.29) is 25.0 Å². The summed E-state index contributed by atoms with van der Waals surface area (Å²) in [6.07, 6.45) is 0.492. The Kier molecular flexibility index (Phi) is 8.52. The van der Waals surface area contributed by atoms with Crippen LogP contribution in [0.3, 0.4) is 0 Å². The van der Waals surface area contributed by atoms with E-state index in [0.717, 1.165) is 16.7 Å². The number of aryl methyl sites for hydroxylation is 2. The third kappa shape index (κ3) is 6.50. The summed E-state index contributed by atoms with van der Waals surface area (Å²) >= 11 is 6.30. The van der Waals surface area contributed by atoms with Crippen LogP contribution in [0.2, 0.25) is 5.02 Å². The number of ether oxygens (including phenoxy) is 1. The molecule has 2 aromatic rings. The van der Waals surface area contributed by atoms with Crippen LogP contribution in [0, 0.1) is 13.8 Å². The molecule has 0 fully saturated rings. The summed E-state index contributed by atoms with van der Waals surface area (Å²) in [4.78, 5) is 27.2. The van der Waals surface area contributed by atoms with Crippen molar-refractivity contribution in [3.63, 3.8) is 0 Å². The number of nitrogens with zero attached hydrogens (tertiary/aromatic N) is 1. The molecule has 2 rings (SSSR count). The number of carbonyl (C=O) groups is 2. The van der Waals surface area contributed by atoms with Gasteiger partial charge in [-0.3, -0.25) is 9.59 Å².